The Labute approximate surface area is 83.5 Å². The average molecular weight is 251 g/mol. The van der Waals surface area contributed by atoms with Crippen molar-refractivity contribution in [2.24, 2.45) is 0 Å². The van der Waals surface area contributed by atoms with Crippen molar-refractivity contribution < 1.29 is 8.78 Å². The van der Waals surface area contributed by atoms with Crippen LogP contribution in [0.1, 0.15) is 5.69 Å². The summed E-state index contributed by atoms with van der Waals surface area (Å²) in [6, 6.07) is 3.60. The van der Waals surface area contributed by atoms with Gasteiger partial charge in [-0.2, -0.15) is 0 Å². The fraction of sp³-hybridized carbons (Fsp3) is 0.375. The van der Waals surface area contributed by atoms with Crippen LogP contribution in [0.2, 0.25) is 0 Å². The molecule has 1 aromatic heterocycles. The van der Waals surface area contributed by atoms with Crippen molar-refractivity contribution in [2.45, 2.75) is 13.0 Å². The van der Waals surface area contributed by atoms with Crippen LogP contribution in [0.25, 0.3) is 0 Å². The predicted molar refractivity (Wildman–Crippen MR) is 49.6 cm³/mol. The lowest BCUT2D eigenvalue weighted by Gasteiger charge is -2.04. The first-order valence-electron chi connectivity index (χ1n) is 3.78. The van der Waals surface area contributed by atoms with Gasteiger partial charge < -0.3 is 5.32 Å². The van der Waals surface area contributed by atoms with Gasteiger partial charge in [0.2, 0.25) is 0 Å². The Morgan fingerprint density at radius 1 is 1.54 bits per heavy atom. The predicted octanol–water partition coefficient (Wildman–Crippen LogP) is 2.20. The molecule has 0 aliphatic carbocycles. The van der Waals surface area contributed by atoms with Gasteiger partial charge in [0, 0.05) is 17.2 Å². The van der Waals surface area contributed by atoms with E-state index in [0.29, 0.717) is 6.54 Å². The Morgan fingerprint density at radius 2 is 2.31 bits per heavy atom. The molecule has 0 aliphatic rings. The second-order valence-electron chi connectivity index (χ2n) is 2.45. The Kier molecular flexibility index (Phi) is 4.24. The molecule has 1 heterocycles. The van der Waals surface area contributed by atoms with Crippen LogP contribution in [0.5, 0.6) is 0 Å². The van der Waals surface area contributed by atoms with Crippen LogP contribution < -0.4 is 5.32 Å². The van der Waals surface area contributed by atoms with Gasteiger partial charge in [-0.1, -0.05) is 0 Å². The lowest BCUT2D eigenvalue weighted by Crippen LogP contribution is -2.21. The van der Waals surface area contributed by atoms with Crippen LogP contribution in [0.15, 0.2) is 22.8 Å². The molecule has 0 amide bonds. The molecule has 5 heteroatoms. The summed E-state index contributed by atoms with van der Waals surface area (Å²) in [6.45, 7) is 0.0504. The van der Waals surface area contributed by atoms with E-state index in [1.807, 2.05) is 6.07 Å². The molecule has 1 N–H and O–H groups in total. The van der Waals surface area contributed by atoms with Crippen molar-refractivity contribution in [3.8, 4) is 0 Å². The minimum atomic E-state index is -2.32. The molecule has 1 aromatic rings. The average Bonchev–Trinajstić information content (AvgIpc) is 2.08. The van der Waals surface area contributed by atoms with Crippen molar-refractivity contribution >= 4 is 15.9 Å². The van der Waals surface area contributed by atoms with E-state index in [9.17, 15) is 8.78 Å². The molecule has 0 bridgehead atoms. The molecule has 1 rings (SSSR count). The zero-order valence-electron chi connectivity index (χ0n) is 6.80. The molecule has 72 valence electrons. The first-order chi connectivity index (χ1) is 6.20. The number of aromatic nitrogens is 1. The third-order valence-electron chi connectivity index (χ3n) is 1.43. The summed E-state index contributed by atoms with van der Waals surface area (Å²) < 4.78 is 24.3. The Morgan fingerprint density at radius 3 is 2.92 bits per heavy atom. The summed E-state index contributed by atoms with van der Waals surface area (Å²) in [5.41, 5.74) is 0.739. The van der Waals surface area contributed by atoms with E-state index in [-0.39, 0.29) is 6.54 Å². The van der Waals surface area contributed by atoms with Crippen LogP contribution in [0.3, 0.4) is 0 Å². The van der Waals surface area contributed by atoms with E-state index in [1.54, 1.807) is 12.3 Å². The fourth-order valence-corrected chi connectivity index (χ4v) is 1.24. The smallest absolute Gasteiger partial charge is 0.250 e. The zero-order valence-corrected chi connectivity index (χ0v) is 8.39. The number of hydrogen-bond acceptors (Lipinski definition) is 2. The molecule has 0 radical (unpaired) electrons. The first-order valence-corrected chi connectivity index (χ1v) is 4.57. The van der Waals surface area contributed by atoms with E-state index in [0.717, 1.165) is 10.2 Å². The van der Waals surface area contributed by atoms with Gasteiger partial charge in [0.1, 0.15) is 0 Å². The van der Waals surface area contributed by atoms with E-state index in [1.165, 1.54) is 0 Å². The quantitative estimate of drug-likeness (QED) is 0.887. The number of nitrogens with one attached hydrogen (secondary N) is 1. The maximum atomic E-state index is 11.7. The summed E-state index contributed by atoms with van der Waals surface area (Å²) in [4.78, 5) is 4.02. The second kappa shape index (κ2) is 5.24. The number of halogens is 3. The molecule has 2 nitrogen and oxygen atoms in total. The topological polar surface area (TPSA) is 24.9 Å². The van der Waals surface area contributed by atoms with Crippen molar-refractivity contribution in [3.63, 3.8) is 0 Å². The third-order valence-corrected chi connectivity index (χ3v) is 2.15. The molecule has 0 aliphatic heterocycles. The minimum Gasteiger partial charge on any atom is -0.306 e. The maximum absolute atomic E-state index is 11.7. The molecular weight excluding hydrogens is 242 g/mol. The second-order valence-corrected chi connectivity index (χ2v) is 3.31. The van der Waals surface area contributed by atoms with Gasteiger partial charge in [-0.15, -0.1) is 0 Å². The highest BCUT2D eigenvalue weighted by molar-refractivity contribution is 9.10. The normalized spacial score (nSPS) is 10.8. The summed E-state index contributed by atoms with van der Waals surface area (Å²) in [6.07, 6.45) is -0.688. The molecule has 0 saturated carbocycles. The third kappa shape index (κ3) is 3.78. The minimum absolute atomic E-state index is 0.303. The standard InChI is InChI=1S/C8H9BrF2N2/c9-6-2-1-3-13-7(6)4-12-5-8(10)11/h1-3,8,12H,4-5H2. The molecule has 0 aromatic carbocycles. The van der Waals surface area contributed by atoms with E-state index in [4.69, 9.17) is 0 Å². The summed E-state index contributed by atoms with van der Waals surface area (Å²) >= 11 is 3.27. The van der Waals surface area contributed by atoms with Gasteiger partial charge in [-0.25, -0.2) is 8.78 Å². The van der Waals surface area contributed by atoms with Gasteiger partial charge in [0.05, 0.1) is 12.2 Å². The van der Waals surface area contributed by atoms with Crippen LogP contribution in [0, 0.1) is 0 Å². The van der Waals surface area contributed by atoms with Crippen LogP contribution in [-0.4, -0.2) is 18.0 Å². The highest BCUT2D eigenvalue weighted by Crippen LogP contribution is 2.12. The van der Waals surface area contributed by atoms with Crippen LogP contribution >= 0.6 is 15.9 Å². The molecule has 0 atom stereocenters. The number of pyridine rings is 1. The van der Waals surface area contributed by atoms with Crippen LogP contribution in [0.4, 0.5) is 8.78 Å². The first kappa shape index (κ1) is 10.5. The van der Waals surface area contributed by atoms with Gasteiger partial charge in [0.25, 0.3) is 6.43 Å². The summed E-state index contributed by atoms with van der Waals surface area (Å²) in [7, 11) is 0. The Hall–Kier alpha value is -0.550. The van der Waals surface area contributed by atoms with Gasteiger partial charge >= 0.3 is 0 Å². The van der Waals surface area contributed by atoms with Crippen molar-refractivity contribution in [2.75, 3.05) is 6.54 Å². The summed E-state index contributed by atoms with van der Waals surface area (Å²) in [5, 5.41) is 2.60. The number of rotatable bonds is 4. The monoisotopic (exact) mass is 250 g/mol. The molecule has 0 saturated heterocycles. The van der Waals surface area contributed by atoms with Crippen molar-refractivity contribution in [3.05, 3.63) is 28.5 Å². The SMILES string of the molecule is FC(F)CNCc1ncccc1Br. The van der Waals surface area contributed by atoms with Crippen molar-refractivity contribution in [1.82, 2.24) is 10.3 Å². The highest BCUT2D eigenvalue weighted by Gasteiger charge is 2.03. The lowest BCUT2D eigenvalue weighted by molar-refractivity contribution is 0.145. The zero-order chi connectivity index (χ0) is 9.68. The highest BCUT2D eigenvalue weighted by atomic mass is 79.9. The van der Waals surface area contributed by atoms with Crippen molar-refractivity contribution in [1.29, 1.82) is 0 Å². The summed E-state index contributed by atoms with van der Waals surface area (Å²) in [5.74, 6) is 0. The number of hydrogen-bond donors (Lipinski definition) is 1. The number of nitrogens with zero attached hydrogens (tertiary/aromatic N) is 1. The molecule has 13 heavy (non-hydrogen) atoms. The van der Waals surface area contributed by atoms with Crippen LogP contribution in [-0.2, 0) is 6.54 Å². The fourth-order valence-electron chi connectivity index (χ4n) is 0.848. The van der Waals surface area contributed by atoms with E-state index < -0.39 is 6.43 Å². The Balaban J connectivity index is 2.41. The molecule has 0 spiro atoms. The Bertz CT molecular complexity index is 268. The van der Waals surface area contributed by atoms with Gasteiger partial charge in [0.15, 0.2) is 0 Å². The molecule has 0 unspecified atom stereocenters. The molecular formula is C8H9BrF2N2. The van der Waals surface area contributed by atoms with Gasteiger partial charge in [-0.05, 0) is 28.1 Å². The molecule has 0 fully saturated rings. The van der Waals surface area contributed by atoms with E-state index in [2.05, 4.69) is 26.2 Å². The number of alkyl halides is 2. The van der Waals surface area contributed by atoms with E-state index >= 15 is 0 Å². The maximum Gasteiger partial charge on any atom is 0.250 e. The largest absolute Gasteiger partial charge is 0.306 e. The lowest BCUT2D eigenvalue weighted by atomic mass is 10.3. The van der Waals surface area contributed by atoms with Gasteiger partial charge in [-0.3, -0.25) is 4.98 Å².